The number of carbonyl (C=O) groups excluding carboxylic acids is 2. The van der Waals surface area contributed by atoms with Crippen molar-refractivity contribution in [1.29, 1.82) is 0 Å². The van der Waals surface area contributed by atoms with Crippen molar-refractivity contribution in [3.63, 3.8) is 0 Å². The summed E-state index contributed by atoms with van der Waals surface area (Å²) in [6.45, 7) is 0.142. The average Bonchev–Trinajstić information content (AvgIpc) is 3.03. The lowest BCUT2D eigenvalue weighted by Gasteiger charge is -2.35. The molecule has 1 atom stereocenters. The largest absolute Gasteiger partial charge is 0.456 e. The van der Waals surface area contributed by atoms with Crippen molar-refractivity contribution in [2.45, 2.75) is 30.2 Å². The van der Waals surface area contributed by atoms with Crippen LogP contribution < -0.4 is 0 Å². The van der Waals surface area contributed by atoms with Gasteiger partial charge in [-0.3, -0.25) is 4.79 Å². The molecule has 0 saturated carbocycles. The van der Waals surface area contributed by atoms with Crippen LogP contribution in [0.15, 0.2) is 63.9 Å². The van der Waals surface area contributed by atoms with Crippen LogP contribution in [0, 0.1) is 0 Å². The fourth-order valence-electron chi connectivity index (χ4n) is 3.67. The van der Waals surface area contributed by atoms with Gasteiger partial charge in [-0.1, -0.05) is 42.5 Å². The summed E-state index contributed by atoms with van der Waals surface area (Å²) >= 11 is 0. The second-order valence-electron chi connectivity index (χ2n) is 6.99. The molecule has 2 aliphatic rings. The van der Waals surface area contributed by atoms with Crippen LogP contribution in [-0.4, -0.2) is 50.1 Å². The predicted molar refractivity (Wildman–Crippen MR) is 106 cm³/mol. The van der Waals surface area contributed by atoms with Gasteiger partial charge in [0.05, 0.1) is 0 Å². The molecule has 0 radical (unpaired) electrons. The third-order valence-corrected chi connectivity index (χ3v) is 6.43. The first-order valence-corrected chi connectivity index (χ1v) is 10.9. The zero-order valence-corrected chi connectivity index (χ0v) is 16.5. The van der Waals surface area contributed by atoms with Gasteiger partial charge in [-0.05, 0) is 31.4 Å². The molecule has 0 unspecified atom stereocenters. The Morgan fingerprint density at radius 1 is 1.03 bits per heavy atom. The third-order valence-electron chi connectivity index (χ3n) is 5.10. The van der Waals surface area contributed by atoms with Crippen molar-refractivity contribution in [2.24, 2.45) is 4.40 Å². The van der Waals surface area contributed by atoms with Gasteiger partial charge in [0.1, 0.15) is 10.9 Å². The molecule has 2 aromatic rings. The highest BCUT2D eigenvalue weighted by molar-refractivity contribution is 7.90. The Morgan fingerprint density at radius 2 is 1.76 bits per heavy atom. The van der Waals surface area contributed by atoms with Crippen LogP contribution in [0.1, 0.15) is 35.2 Å². The first kappa shape index (κ1) is 19.3. The number of carbonyl (C=O) groups is 2. The summed E-state index contributed by atoms with van der Waals surface area (Å²) in [7, 11) is -3.77. The van der Waals surface area contributed by atoms with E-state index >= 15 is 0 Å². The zero-order valence-electron chi connectivity index (χ0n) is 15.7. The molecular weight excluding hydrogens is 392 g/mol. The molecule has 2 aromatic carbocycles. The van der Waals surface area contributed by atoms with E-state index in [1.165, 1.54) is 6.07 Å². The second-order valence-corrected chi connectivity index (χ2v) is 8.56. The molecule has 1 fully saturated rings. The number of nitrogens with zero attached hydrogens (tertiary/aromatic N) is 2. The minimum atomic E-state index is -3.77. The molecule has 0 bridgehead atoms. The molecule has 1 saturated heterocycles. The lowest BCUT2D eigenvalue weighted by molar-refractivity contribution is -0.148. The molecule has 0 aromatic heterocycles. The van der Waals surface area contributed by atoms with Crippen molar-refractivity contribution < 1.29 is 22.7 Å². The first-order valence-electron chi connectivity index (χ1n) is 9.43. The molecule has 2 aliphatic heterocycles. The van der Waals surface area contributed by atoms with E-state index in [0.29, 0.717) is 24.1 Å². The number of fused-ring (bicyclic) bond motifs is 1. The maximum absolute atomic E-state index is 12.8. The fraction of sp³-hybridized carbons (Fsp3) is 0.286. The summed E-state index contributed by atoms with van der Waals surface area (Å²) in [5, 5.41) is 0. The van der Waals surface area contributed by atoms with E-state index in [0.717, 1.165) is 12.8 Å². The Morgan fingerprint density at radius 3 is 2.55 bits per heavy atom. The number of amidine groups is 1. The topological polar surface area (TPSA) is 93.1 Å². The molecule has 0 spiro atoms. The van der Waals surface area contributed by atoms with Crippen LogP contribution in [0.25, 0.3) is 0 Å². The minimum Gasteiger partial charge on any atom is -0.456 e. The van der Waals surface area contributed by atoms with E-state index in [9.17, 15) is 18.0 Å². The van der Waals surface area contributed by atoms with Gasteiger partial charge in [-0.15, -0.1) is 4.40 Å². The molecule has 0 N–H and O–H groups in total. The molecule has 7 nitrogen and oxygen atoms in total. The summed E-state index contributed by atoms with van der Waals surface area (Å²) in [5.41, 5.74) is 0.966. The van der Waals surface area contributed by atoms with Crippen LogP contribution in [0.4, 0.5) is 0 Å². The molecule has 8 heteroatoms. The number of ketones is 1. The van der Waals surface area contributed by atoms with E-state index in [1.54, 1.807) is 53.4 Å². The molecule has 2 heterocycles. The van der Waals surface area contributed by atoms with Crippen molar-refractivity contribution >= 4 is 27.6 Å². The number of hydrogen-bond acceptors (Lipinski definition) is 6. The fourth-order valence-corrected chi connectivity index (χ4v) is 4.88. The molecular formula is C21H20N2O5S. The number of esters is 1. The summed E-state index contributed by atoms with van der Waals surface area (Å²) in [5.74, 6) is -0.553. The van der Waals surface area contributed by atoms with Crippen LogP contribution in [0.3, 0.4) is 0 Å². The smallest absolute Gasteiger partial charge is 0.329 e. The van der Waals surface area contributed by atoms with Crippen molar-refractivity contribution in [2.75, 3.05) is 13.2 Å². The maximum atomic E-state index is 12.8. The van der Waals surface area contributed by atoms with Gasteiger partial charge in [0, 0.05) is 17.7 Å². The van der Waals surface area contributed by atoms with Crippen LogP contribution >= 0.6 is 0 Å². The standard InChI is InChI=1S/C21H20N2O5S/c24-18(15-8-2-1-3-9-15)14-28-21(25)17-11-6-7-13-23(17)20-16-10-4-5-12-19(16)29(26,27)22-20/h1-5,8-10,12,17H,6-7,11,13-14H2/t17-/m1/s1. The molecule has 0 amide bonds. The van der Waals surface area contributed by atoms with Crippen molar-refractivity contribution in [1.82, 2.24) is 4.90 Å². The van der Waals surface area contributed by atoms with Crippen LogP contribution in [-0.2, 0) is 19.6 Å². The van der Waals surface area contributed by atoms with Gasteiger partial charge in [-0.2, -0.15) is 8.42 Å². The SMILES string of the molecule is O=C(COC(=O)[C@H]1CCCCN1C1=NS(=O)(=O)c2ccccc21)c1ccccc1. The Kier molecular flexibility index (Phi) is 5.19. The second kappa shape index (κ2) is 7.79. The van der Waals surface area contributed by atoms with Crippen LogP contribution in [0.5, 0.6) is 0 Å². The quantitative estimate of drug-likeness (QED) is 0.566. The molecule has 29 heavy (non-hydrogen) atoms. The number of likely N-dealkylation sites (tertiary alicyclic amines) is 1. The summed E-state index contributed by atoms with van der Waals surface area (Å²) in [6.07, 6.45) is 2.14. The molecule has 150 valence electrons. The lowest BCUT2D eigenvalue weighted by Crippen LogP contribution is -2.49. The van der Waals surface area contributed by atoms with Gasteiger partial charge in [0.2, 0.25) is 0 Å². The molecule has 0 aliphatic carbocycles. The number of ether oxygens (including phenoxy) is 1. The Balaban J connectivity index is 1.53. The number of hydrogen-bond donors (Lipinski definition) is 0. The Bertz CT molecular complexity index is 1080. The van der Waals surface area contributed by atoms with Gasteiger partial charge >= 0.3 is 5.97 Å². The monoisotopic (exact) mass is 412 g/mol. The third kappa shape index (κ3) is 3.80. The van der Waals surface area contributed by atoms with Gasteiger partial charge < -0.3 is 9.64 Å². The van der Waals surface area contributed by atoms with Crippen molar-refractivity contribution in [3.8, 4) is 0 Å². The predicted octanol–water partition coefficient (Wildman–Crippen LogP) is 2.42. The summed E-state index contributed by atoms with van der Waals surface area (Å²) < 4.78 is 34.0. The van der Waals surface area contributed by atoms with E-state index in [2.05, 4.69) is 4.40 Å². The zero-order chi connectivity index (χ0) is 20.4. The van der Waals surface area contributed by atoms with Gasteiger partial charge in [0.25, 0.3) is 10.0 Å². The Labute approximate surface area is 169 Å². The van der Waals surface area contributed by atoms with E-state index in [-0.39, 0.29) is 23.1 Å². The normalized spacial score (nSPS) is 19.9. The lowest BCUT2D eigenvalue weighted by atomic mass is 10.0. The number of benzene rings is 2. The molecule has 4 rings (SSSR count). The summed E-state index contributed by atoms with van der Waals surface area (Å²) in [6, 6.07) is 14.5. The average molecular weight is 412 g/mol. The van der Waals surface area contributed by atoms with E-state index < -0.39 is 22.0 Å². The number of piperidine rings is 1. The van der Waals surface area contributed by atoms with E-state index in [4.69, 9.17) is 4.74 Å². The minimum absolute atomic E-state index is 0.145. The van der Waals surface area contributed by atoms with Gasteiger partial charge in [-0.25, -0.2) is 4.79 Å². The maximum Gasteiger partial charge on any atom is 0.329 e. The Hall–Kier alpha value is -3.00. The van der Waals surface area contributed by atoms with E-state index in [1.807, 2.05) is 0 Å². The highest BCUT2D eigenvalue weighted by atomic mass is 32.2. The summed E-state index contributed by atoms with van der Waals surface area (Å²) in [4.78, 5) is 26.8. The van der Waals surface area contributed by atoms with Gasteiger partial charge in [0.15, 0.2) is 18.2 Å². The van der Waals surface area contributed by atoms with Crippen molar-refractivity contribution in [3.05, 3.63) is 65.7 Å². The highest BCUT2D eigenvalue weighted by Crippen LogP contribution is 2.31. The first-order chi connectivity index (χ1) is 14.0. The number of rotatable bonds is 4. The highest BCUT2D eigenvalue weighted by Gasteiger charge is 2.38. The van der Waals surface area contributed by atoms with Crippen LogP contribution in [0.2, 0.25) is 0 Å². The number of Topliss-reactive ketones (excluding diaryl/α,β-unsaturated/α-hetero) is 1. The number of sulfonamides is 1.